The van der Waals surface area contributed by atoms with Gasteiger partial charge in [0.25, 0.3) is 0 Å². The normalized spacial score (nSPS) is 21.0. The van der Waals surface area contributed by atoms with Crippen LogP contribution in [0.3, 0.4) is 0 Å². The molecule has 5 nitrogen and oxygen atoms in total. The van der Waals surface area contributed by atoms with Gasteiger partial charge in [-0.2, -0.15) is 4.98 Å². The van der Waals surface area contributed by atoms with Crippen molar-refractivity contribution in [1.29, 1.82) is 0 Å². The second-order valence-electron chi connectivity index (χ2n) is 6.30. The average molecular weight is 298 g/mol. The monoisotopic (exact) mass is 298 g/mol. The molecule has 1 saturated carbocycles. The van der Waals surface area contributed by atoms with E-state index in [1.807, 2.05) is 0 Å². The van der Waals surface area contributed by atoms with Gasteiger partial charge in [-0.1, -0.05) is 23.4 Å². The summed E-state index contributed by atoms with van der Waals surface area (Å²) in [5, 5.41) is 4.13. The van der Waals surface area contributed by atoms with Gasteiger partial charge in [-0.3, -0.25) is 4.90 Å². The summed E-state index contributed by atoms with van der Waals surface area (Å²) >= 11 is 0. The zero-order chi connectivity index (χ0) is 14.9. The van der Waals surface area contributed by atoms with Crippen LogP contribution < -0.4 is 4.90 Å². The fraction of sp³-hybridized carbons (Fsp3) is 0.529. The van der Waals surface area contributed by atoms with Crippen molar-refractivity contribution in [3.63, 3.8) is 0 Å². The summed E-state index contributed by atoms with van der Waals surface area (Å²) in [7, 11) is 0. The summed E-state index contributed by atoms with van der Waals surface area (Å²) in [6, 6.07) is 10.8. The molecule has 0 N–H and O–H groups in total. The fourth-order valence-electron chi connectivity index (χ4n) is 3.09. The predicted molar refractivity (Wildman–Crippen MR) is 84.9 cm³/mol. The smallest absolute Gasteiger partial charge is 0.243 e. The van der Waals surface area contributed by atoms with E-state index >= 15 is 0 Å². The Morgan fingerprint density at radius 3 is 2.50 bits per heavy atom. The first-order chi connectivity index (χ1) is 10.8. The third-order valence-electron chi connectivity index (χ3n) is 4.74. The molecule has 1 aromatic heterocycles. The minimum absolute atomic E-state index is 0.206. The molecular formula is C17H22N4O. The molecule has 1 unspecified atom stereocenters. The highest BCUT2D eigenvalue weighted by Gasteiger charge is 2.31. The third-order valence-corrected chi connectivity index (χ3v) is 4.74. The Kier molecular flexibility index (Phi) is 3.58. The largest absolute Gasteiger partial charge is 0.369 e. The van der Waals surface area contributed by atoms with Crippen molar-refractivity contribution in [2.24, 2.45) is 0 Å². The van der Waals surface area contributed by atoms with Crippen LogP contribution >= 0.6 is 0 Å². The Morgan fingerprint density at radius 1 is 1.09 bits per heavy atom. The molecule has 1 aliphatic carbocycles. The molecule has 1 aromatic carbocycles. The van der Waals surface area contributed by atoms with Crippen molar-refractivity contribution in [1.82, 2.24) is 15.0 Å². The summed E-state index contributed by atoms with van der Waals surface area (Å²) in [5.74, 6) is 2.24. The van der Waals surface area contributed by atoms with Gasteiger partial charge in [0.15, 0.2) is 5.82 Å². The van der Waals surface area contributed by atoms with E-state index in [0.717, 1.165) is 37.9 Å². The first-order valence-corrected chi connectivity index (χ1v) is 8.19. The molecule has 22 heavy (non-hydrogen) atoms. The Hall–Kier alpha value is -1.88. The lowest BCUT2D eigenvalue weighted by Gasteiger charge is -2.38. The lowest BCUT2D eigenvalue weighted by atomic mass is 10.2. The van der Waals surface area contributed by atoms with Crippen molar-refractivity contribution >= 4 is 5.69 Å². The minimum atomic E-state index is 0.206. The van der Waals surface area contributed by atoms with Crippen LogP contribution in [0.4, 0.5) is 5.69 Å². The maximum atomic E-state index is 5.48. The van der Waals surface area contributed by atoms with Gasteiger partial charge >= 0.3 is 0 Å². The van der Waals surface area contributed by atoms with E-state index in [1.165, 1.54) is 18.5 Å². The van der Waals surface area contributed by atoms with Gasteiger partial charge in [-0.25, -0.2) is 0 Å². The molecule has 116 valence electrons. The highest BCUT2D eigenvalue weighted by molar-refractivity contribution is 5.46. The number of piperazine rings is 1. The Bertz CT molecular complexity index is 615. The molecule has 0 amide bonds. The van der Waals surface area contributed by atoms with Crippen LogP contribution in [0, 0.1) is 0 Å². The standard InChI is InChI=1S/C17H22N4O/c1-13(17-18-16(19-22-17)14-7-8-14)20-9-11-21(12-10-20)15-5-3-2-4-6-15/h2-6,13-14H,7-12H2,1H3. The van der Waals surface area contributed by atoms with Crippen LogP contribution in [-0.2, 0) is 0 Å². The van der Waals surface area contributed by atoms with Gasteiger partial charge in [0, 0.05) is 37.8 Å². The second kappa shape index (κ2) is 5.72. The maximum absolute atomic E-state index is 5.48. The third kappa shape index (κ3) is 2.73. The summed E-state index contributed by atoms with van der Waals surface area (Å²) in [6.45, 7) is 6.30. The van der Waals surface area contributed by atoms with E-state index < -0.39 is 0 Å². The van der Waals surface area contributed by atoms with Crippen LogP contribution in [0.2, 0.25) is 0 Å². The van der Waals surface area contributed by atoms with Crippen LogP contribution in [0.5, 0.6) is 0 Å². The van der Waals surface area contributed by atoms with Crippen LogP contribution in [0.15, 0.2) is 34.9 Å². The Morgan fingerprint density at radius 2 is 1.82 bits per heavy atom. The molecule has 5 heteroatoms. The number of rotatable bonds is 4. The number of benzene rings is 1. The molecule has 1 saturated heterocycles. The highest BCUT2D eigenvalue weighted by Crippen LogP contribution is 2.38. The summed E-state index contributed by atoms with van der Waals surface area (Å²) < 4.78 is 5.48. The topological polar surface area (TPSA) is 45.4 Å². The molecule has 2 fully saturated rings. The van der Waals surface area contributed by atoms with Crippen LogP contribution in [0.1, 0.15) is 43.4 Å². The summed E-state index contributed by atoms with van der Waals surface area (Å²) in [5.41, 5.74) is 1.31. The quantitative estimate of drug-likeness (QED) is 0.868. The lowest BCUT2D eigenvalue weighted by Crippen LogP contribution is -2.47. The average Bonchev–Trinajstić information content (AvgIpc) is 3.32. The van der Waals surface area contributed by atoms with E-state index in [9.17, 15) is 0 Å². The first kappa shape index (κ1) is 13.8. The molecular weight excluding hydrogens is 276 g/mol. The van der Waals surface area contributed by atoms with Crippen molar-refractivity contribution < 1.29 is 4.52 Å². The Labute approximate surface area is 130 Å². The highest BCUT2D eigenvalue weighted by atomic mass is 16.5. The van der Waals surface area contributed by atoms with Gasteiger partial charge in [-0.15, -0.1) is 0 Å². The molecule has 0 spiro atoms. The minimum Gasteiger partial charge on any atom is -0.369 e. The van der Waals surface area contributed by atoms with Crippen molar-refractivity contribution in [3.8, 4) is 0 Å². The maximum Gasteiger partial charge on any atom is 0.243 e. The molecule has 4 rings (SSSR count). The van der Waals surface area contributed by atoms with Gasteiger partial charge in [0.05, 0.1) is 6.04 Å². The fourth-order valence-corrected chi connectivity index (χ4v) is 3.09. The zero-order valence-corrected chi connectivity index (χ0v) is 13.0. The first-order valence-electron chi connectivity index (χ1n) is 8.19. The molecule has 1 atom stereocenters. The van der Waals surface area contributed by atoms with Gasteiger partial charge < -0.3 is 9.42 Å². The molecule has 2 aromatic rings. The van der Waals surface area contributed by atoms with Crippen LogP contribution in [-0.4, -0.2) is 41.2 Å². The second-order valence-corrected chi connectivity index (χ2v) is 6.30. The molecule has 0 bridgehead atoms. The summed E-state index contributed by atoms with van der Waals surface area (Å²) in [6.07, 6.45) is 2.42. The summed E-state index contributed by atoms with van der Waals surface area (Å²) in [4.78, 5) is 9.46. The molecule has 2 aliphatic rings. The van der Waals surface area contributed by atoms with Gasteiger partial charge in [0.2, 0.25) is 5.89 Å². The SMILES string of the molecule is CC(c1nc(C2CC2)no1)N1CCN(c2ccccc2)CC1. The lowest BCUT2D eigenvalue weighted by molar-refractivity contribution is 0.164. The molecule has 1 aliphatic heterocycles. The van der Waals surface area contributed by atoms with E-state index in [4.69, 9.17) is 4.52 Å². The van der Waals surface area contributed by atoms with E-state index in [2.05, 4.69) is 57.2 Å². The zero-order valence-electron chi connectivity index (χ0n) is 13.0. The predicted octanol–water partition coefficient (Wildman–Crippen LogP) is 2.83. The number of anilines is 1. The van der Waals surface area contributed by atoms with Crippen LogP contribution in [0.25, 0.3) is 0 Å². The number of aromatic nitrogens is 2. The Balaban J connectivity index is 1.38. The van der Waals surface area contributed by atoms with Crippen molar-refractivity contribution in [3.05, 3.63) is 42.0 Å². The van der Waals surface area contributed by atoms with E-state index in [-0.39, 0.29) is 6.04 Å². The number of para-hydroxylation sites is 1. The number of hydrogen-bond acceptors (Lipinski definition) is 5. The van der Waals surface area contributed by atoms with Gasteiger partial charge in [-0.05, 0) is 31.9 Å². The molecule has 2 heterocycles. The molecule has 0 radical (unpaired) electrons. The van der Waals surface area contributed by atoms with Crippen molar-refractivity contribution in [2.45, 2.75) is 31.7 Å². The number of nitrogens with zero attached hydrogens (tertiary/aromatic N) is 4. The van der Waals surface area contributed by atoms with E-state index in [1.54, 1.807) is 0 Å². The van der Waals surface area contributed by atoms with Crippen molar-refractivity contribution in [2.75, 3.05) is 31.1 Å². The van der Waals surface area contributed by atoms with Gasteiger partial charge in [0.1, 0.15) is 0 Å². The number of hydrogen-bond donors (Lipinski definition) is 0. The van der Waals surface area contributed by atoms with E-state index in [0.29, 0.717) is 5.92 Å².